The largest absolute Gasteiger partial charge is 0.507 e. The van der Waals surface area contributed by atoms with Gasteiger partial charge in [-0.3, -0.25) is 19.2 Å². The molecule has 0 spiro atoms. The van der Waals surface area contributed by atoms with E-state index in [4.69, 9.17) is 14.2 Å². The van der Waals surface area contributed by atoms with Gasteiger partial charge >= 0.3 is 5.97 Å². The highest BCUT2D eigenvalue weighted by Gasteiger charge is 2.52. The van der Waals surface area contributed by atoms with Crippen LogP contribution >= 0.6 is 0 Å². The number of rotatable bonds is 1. The van der Waals surface area contributed by atoms with Crippen LogP contribution < -0.4 is 10.1 Å². The maximum absolute atomic E-state index is 13.7. The molecule has 0 saturated heterocycles. The number of allylic oxidation sites excluding steroid dienone is 4. The van der Waals surface area contributed by atoms with Crippen LogP contribution in [0.3, 0.4) is 0 Å². The monoisotopic (exact) mass is 683 g/mol. The number of aliphatic hydroxyl groups is 4. The van der Waals surface area contributed by atoms with E-state index in [0.29, 0.717) is 0 Å². The zero-order chi connectivity index (χ0) is 36.7. The Balaban J connectivity index is 1.81. The van der Waals surface area contributed by atoms with Crippen molar-refractivity contribution in [3.05, 3.63) is 70.2 Å². The van der Waals surface area contributed by atoms with Crippen molar-refractivity contribution >= 4 is 23.4 Å². The number of nitrogens with one attached hydrogen (secondary N) is 1. The lowest BCUT2D eigenvalue weighted by Gasteiger charge is -2.37. The first-order valence-electron chi connectivity index (χ1n) is 16.1. The molecule has 266 valence electrons. The number of aliphatic hydroxyl groups excluding tert-OH is 4. The summed E-state index contributed by atoms with van der Waals surface area (Å²) in [6, 6.07) is 0. The van der Waals surface area contributed by atoms with Gasteiger partial charge in [0, 0.05) is 65.9 Å². The summed E-state index contributed by atoms with van der Waals surface area (Å²) in [4.78, 5) is 52.3. The average Bonchev–Trinajstić information content (AvgIpc) is 3.31. The molecule has 0 fully saturated rings. The second kappa shape index (κ2) is 14.3. The third kappa shape index (κ3) is 6.93. The molecule has 1 amide bonds. The summed E-state index contributed by atoms with van der Waals surface area (Å²) in [5.74, 6) is -8.26. The summed E-state index contributed by atoms with van der Waals surface area (Å²) in [5.41, 5.74) is -1.21. The maximum atomic E-state index is 13.7. The van der Waals surface area contributed by atoms with Crippen molar-refractivity contribution in [2.75, 3.05) is 0 Å². The number of fused-ring (bicyclic) bond motifs is 14. The Kier molecular flexibility index (Phi) is 10.9. The molecule has 0 aromatic heterocycles. The molecule has 1 aromatic carbocycles. The number of Topliss-reactive ketones (excluding diaryl/α,β-unsaturated/α-hetero) is 2. The fourth-order valence-electron chi connectivity index (χ4n) is 6.59. The van der Waals surface area contributed by atoms with Gasteiger partial charge in [0.15, 0.2) is 11.9 Å². The van der Waals surface area contributed by atoms with Gasteiger partial charge in [0.25, 0.3) is 5.79 Å². The quantitative estimate of drug-likeness (QED) is 0.236. The van der Waals surface area contributed by atoms with Crippen LogP contribution in [0.1, 0.15) is 86.4 Å². The van der Waals surface area contributed by atoms with Gasteiger partial charge in [-0.05, 0) is 19.9 Å². The smallest absolute Gasteiger partial charge is 0.302 e. The van der Waals surface area contributed by atoms with Crippen molar-refractivity contribution in [1.82, 2.24) is 5.32 Å². The van der Waals surface area contributed by atoms with Gasteiger partial charge in [0.2, 0.25) is 11.7 Å². The highest BCUT2D eigenvalue weighted by Crippen LogP contribution is 2.53. The predicted molar refractivity (Wildman–Crippen MR) is 175 cm³/mol. The van der Waals surface area contributed by atoms with Crippen molar-refractivity contribution in [3.8, 4) is 11.5 Å². The van der Waals surface area contributed by atoms with Crippen LogP contribution in [-0.2, 0) is 19.1 Å². The summed E-state index contributed by atoms with van der Waals surface area (Å²) >= 11 is 0. The van der Waals surface area contributed by atoms with Crippen LogP contribution in [0.5, 0.6) is 11.5 Å². The minimum atomic E-state index is -1.89. The summed E-state index contributed by atoms with van der Waals surface area (Å²) in [7, 11) is 0. The van der Waals surface area contributed by atoms with Gasteiger partial charge in [-0.2, -0.15) is 0 Å². The van der Waals surface area contributed by atoms with Gasteiger partial charge < -0.3 is 45.1 Å². The first kappa shape index (κ1) is 37.5. The Labute approximate surface area is 284 Å². The summed E-state index contributed by atoms with van der Waals surface area (Å²) in [5, 5.41) is 58.4. The number of phenols is 1. The Bertz CT molecular complexity index is 1660. The summed E-state index contributed by atoms with van der Waals surface area (Å²) < 4.78 is 17.3. The van der Waals surface area contributed by atoms with Crippen molar-refractivity contribution in [3.63, 3.8) is 0 Å². The topological polar surface area (TPSA) is 209 Å². The van der Waals surface area contributed by atoms with E-state index in [1.807, 2.05) is 0 Å². The lowest BCUT2D eigenvalue weighted by molar-refractivity contribution is -0.181. The Morgan fingerprint density at radius 2 is 1.55 bits per heavy atom. The SMILES string of the molecule is CC(=O)O[C@@H]1[C@H](C)[C@H](O)[C@@H](C)[C@@H](O)[C@@H](C)/C=C/C=C/C(=O)NC2=C(C)C(=O)c3c(c(O)c(C)c4c3[C@H](O)[C@](C)(O/C=C/[C@H](O)[C@@H]1C)O4)C2=O. The Hall–Kier alpha value is -4.30. The third-order valence-electron chi connectivity index (χ3n) is 9.80. The third-order valence-corrected chi connectivity index (χ3v) is 9.80. The van der Waals surface area contributed by atoms with Crippen LogP contribution in [0.2, 0.25) is 0 Å². The zero-order valence-corrected chi connectivity index (χ0v) is 28.8. The number of amides is 1. The molecule has 5 rings (SSSR count). The van der Waals surface area contributed by atoms with Crippen molar-refractivity contribution in [2.45, 2.75) is 91.7 Å². The molecule has 1 aliphatic carbocycles. The Morgan fingerprint density at radius 3 is 2.18 bits per heavy atom. The molecule has 13 nitrogen and oxygen atoms in total. The molecule has 4 aliphatic rings. The number of ether oxygens (including phenoxy) is 3. The molecular formula is C36H45NO12. The number of aromatic hydroxyl groups is 1. The van der Waals surface area contributed by atoms with E-state index in [-0.39, 0.29) is 33.7 Å². The summed E-state index contributed by atoms with van der Waals surface area (Å²) in [6.07, 6.45) is 1.70. The Morgan fingerprint density at radius 1 is 0.898 bits per heavy atom. The zero-order valence-electron chi connectivity index (χ0n) is 28.8. The van der Waals surface area contributed by atoms with Crippen molar-refractivity contribution in [1.29, 1.82) is 0 Å². The second-order valence-electron chi connectivity index (χ2n) is 13.3. The van der Waals surface area contributed by atoms with Crippen LogP contribution in [0.25, 0.3) is 0 Å². The van der Waals surface area contributed by atoms with E-state index >= 15 is 0 Å². The van der Waals surface area contributed by atoms with E-state index in [9.17, 15) is 44.7 Å². The molecule has 49 heavy (non-hydrogen) atoms. The number of ketones is 2. The molecule has 0 unspecified atom stereocenters. The minimum Gasteiger partial charge on any atom is -0.507 e. The predicted octanol–water partition coefficient (Wildman–Crippen LogP) is 2.83. The highest BCUT2D eigenvalue weighted by molar-refractivity contribution is 6.29. The first-order chi connectivity index (χ1) is 22.8. The lowest BCUT2D eigenvalue weighted by atomic mass is 9.78. The van der Waals surface area contributed by atoms with Gasteiger partial charge in [0.1, 0.15) is 17.6 Å². The molecule has 13 heteroatoms. The number of hydrogen-bond acceptors (Lipinski definition) is 12. The first-order valence-corrected chi connectivity index (χ1v) is 16.1. The normalized spacial score (nSPS) is 36.0. The van der Waals surface area contributed by atoms with Crippen LogP contribution in [0.15, 0.2) is 47.9 Å². The fraction of sp³-hybridized carbons (Fsp3) is 0.500. The summed E-state index contributed by atoms with van der Waals surface area (Å²) in [6.45, 7) is 11.9. The number of esters is 1. The molecule has 0 radical (unpaired) electrons. The van der Waals surface area contributed by atoms with Crippen LogP contribution in [0, 0.1) is 30.6 Å². The van der Waals surface area contributed by atoms with E-state index < -0.39 is 94.7 Å². The fourth-order valence-corrected chi connectivity index (χ4v) is 6.59. The van der Waals surface area contributed by atoms with E-state index in [1.165, 1.54) is 45.9 Å². The molecule has 3 aliphatic heterocycles. The number of hydrogen-bond donors (Lipinski definition) is 6. The molecule has 0 saturated carbocycles. The van der Waals surface area contributed by atoms with Gasteiger partial charge in [-0.25, -0.2) is 0 Å². The molecule has 1 aromatic rings. The lowest BCUT2D eigenvalue weighted by Crippen LogP contribution is -2.46. The van der Waals surface area contributed by atoms with Gasteiger partial charge in [0.05, 0.1) is 35.8 Å². The standard InChI is InChI=1S/C36H45NO12/c1-15-11-9-10-12-23(40)37-27-17(3)30(43)24-25(32(27)45)31(44)20(6)34-26(24)35(46)36(8,49-34)47-14-13-22(39)16(2)33(48-21(7)38)19(5)29(42)18(4)28(15)41/h9-16,18-19,22,28-29,33,35,39,41-42,44,46H,1-8H3,(H,37,40)/b11-9+,12-10+,14-13+/t15-,16-,18-,19+,22-,28-,29+,33-,35-,36+/m0/s1. The van der Waals surface area contributed by atoms with E-state index in [2.05, 4.69) is 5.32 Å². The molecule has 10 atom stereocenters. The maximum Gasteiger partial charge on any atom is 0.302 e. The van der Waals surface area contributed by atoms with Crippen LogP contribution in [0.4, 0.5) is 0 Å². The van der Waals surface area contributed by atoms with Crippen molar-refractivity contribution < 1.29 is 58.9 Å². The molecular weight excluding hydrogens is 638 g/mol. The second-order valence-corrected chi connectivity index (χ2v) is 13.3. The average molecular weight is 684 g/mol. The molecule has 5 bridgehead atoms. The molecule has 3 heterocycles. The molecule has 6 N–H and O–H groups in total. The minimum absolute atomic E-state index is 0.0435. The highest BCUT2D eigenvalue weighted by atomic mass is 16.7. The number of carbonyl (C=O) groups is 4. The number of carbonyl (C=O) groups excluding carboxylic acids is 4. The van der Waals surface area contributed by atoms with Crippen LogP contribution in [-0.4, -0.2) is 79.2 Å². The number of phenolic OH excluding ortho intramolecular Hbond substituents is 1. The van der Waals surface area contributed by atoms with Gasteiger partial charge in [-0.1, -0.05) is 45.9 Å². The van der Waals surface area contributed by atoms with E-state index in [0.717, 1.165) is 12.3 Å². The number of benzene rings is 1. The van der Waals surface area contributed by atoms with Gasteiger partial charge in [-0.15, -0.1) is 0 Å². The van der Waals surface area contributed by atoms with E-state index in [1.54, 1.807) is 33.8 Å². The van der Waals surface area contributed by atoms with Crippen molar-refractivity contribution in [2.24, 2.45) is 23.7 Å².